The molecule has 1 N–H and O–H groups in total. The first kappa shape index (κ1) is 11.3. The quantitative estimate of drug-likeness (QED) is 0.896. The lowest BCUT2D eigenvalue weighted by Crippen LogP contribution is -2.32. The molecule has 1 unspecified atom stereocenters. The van der Waals surface area contributed by atoms with Gasteiger partial charge in [-0.2, -0.15) is 5.10 Å². The number of rotatable bonds is 3. The van der Waals surface area contributed by atoms with Gasteiger partial charge in [-0.15, -0.1) is 0 Å². The molecule has 1 aromatic carbocycles. The number of fused-ring (bicyclic) bond motifs is 3. The molecule has 0 aliphatic carbocycles. The van der Waals surface area contributed by atoms with Crippen LogP contribution in [-0.4, -0.2) is 34.2 Å². The maximum atomic E-state index is 9.18. The van der Waals surface area contributed by atoms with Gasteiger partial charge in [-0.1, -0.05) is 6.92 Å². The van der Waals surface area contributed by atoms with Gasteiger partial charge in [0.05, 0.1) is 12.8 Å². The van der Waals surface area contributed by atoms with Crippen LogP contribution in [0.3, 0.4) is 0 Å². The van der Waals surface area contributed by atoms with Crippen LogP contribution in [0.4, 0.5) is 0 Å². The van der Waals surface area contributed by atoms with E-state index >= 15 is 0 Å². The first-order valence-electron chi connectivity index (χ1n) is 6.22. The van der Waals surface area contributed by atoms with Gasteiger partial charge < -0.3 is 14.6 Å². The van der Waals surface area contributed by atoms with Crippen LogP contribution in [0.25, 0.3) is 10.9 Å². The Bertz CT molecular complexity index is 565. The monoisotopic (exact) mass is 248 g/mol. The average Bonchev–Trinajstić information content (AvgIpc) is 2.82. The molecule has 1 aliphatic rings. The lowest BCUT2D eigenvalue weighted by Gasteiger charge is -2.26. The van der Waals surface area contributed by atoms with Crippen molar-refractivity contribution in [3.8, 4) is 11.5 Å². The first-order chi connectivity index (χ1) is 8.83. The third-order valence-electron chi connectivity index (χ3n) is 3.07. The molecule has 5 heteroatoms. The van der Waals surface area contributed by atoms with Gasteiger partial charge in [-0.25, -0.2) is 0 Å². The summed E-state index contributed by atoms with van der Waals surface area (Å²) in [6.07, 6.45) is 2.54. The van der Waals surface area contributed by atoms with Gasteiger partial charge in [-0.05, 0) is 18.6 Å². The van der Waals surface area contributed by atoms with Gasteiger partial charge in [0.25, 0.3) is 0 Å². The summed E-state index contributed by atoms with van der Waals surface area (Å²) in [5, 5.41) is 14.6. The van der Waals surface area contributed by atoms with Crippen LogP contribution in [0, 0.1) is 0 Å². The van der Waals surface area contributed by atoms with Crippen molar-refractivity contribution in [2.75, 3.05) is 13.2 Å². The van der Waals surface area contributed by atoms with Crippen molar-refractivity contribution < 1.29 is 14.6 Å². The Labute approximate surface area is 105 Å². The number of aliphatic hydroxyl groups excluding tert-OH is 1. The van der Waals surface area contributed by atoms with Crippen molar-refractivity contribution in [3.05, 3.63) is 18.3 Å². The van der Waals surface area contributed by atoms with Crippen LogP contribution in [0.2, 0.25) is 0 Å². The van der Waals surface area contributed by atoms with E-state index in [1.165, 1.54) is 0 Å². The molecule has 0 radical (unpaired) electrons. The highest BCUT2D eigenvalue weighted by Gasteiger charge is 2.24. The molecule has 1 aliphatic heterocycles. The molecule has 1 atom stereocenters. The number of hydrogen-bond donors (Lipinski definition) is 1. The third-order valence-corrected chi connectivity index (χ3v) is 3.07. The SMILES string of the molecule is CCCn1ncc2ccc3c(c21)OC(CO)CO3. The number of ether oxygens (including phenoxy) is 2. The fourth-order valence-corrected chi connectivity index (χ4v) is 2.21. The summed E-state index contributed by atoms with van der Waals surface area (Å²) >= 11 is 0. The van der Waals surface area contributed by atoms with Crippen LogP contribution >= 0.6 is 0 Å². The summed E-state index contributed by atoms with van der Waals surface area (Å²) in [7, 11) is 0. The highest BCUT2D eigenvalue weighted by atomic mass is 16.6. The van der Waals surface area contributed by atoms with E-state index in [1.54, 1.807) is 0 Å². The second kappa shape index (κ2) is 4.49. The summed E-state index contributed by atoms with van der Waals surface area (Å²) in [4.78, 5) is 0. The molecule has 0 bridgehead atoms. The third kappa shape index (κ3) is 1.71. The Hall–Kier alpha value is -1.75. The topological polar surface area (TPSA) is 56.5 Å². The Morgan fingerprint density at radius 2 is 2.39 bits per heavy atom. The largest absolute Gasteiger partial charge is 0.486 e. The molecule has 0 fully saturated rings. The molecule has 5 nitrogen and oxygen atoms in total. The molecule has 3 rings (SSSR count). The number of benzene rings is 1. The van der Waals surface area contributed by atoms with Crippen LogP contribution in [0.1, 0.15) is 13.3 Å². The standard InChI is InChI=1S/C13H16N2O3/c1-2-5-15-12-9(6-14-15)3-4-11-13(12)18-10(7-16)8-17-11/h3-4,6,10,16H,2,5,7-8H2,1H3. The molecular weight excluding hydrogens is 232 g/mol. The Morgan fingerprint density at radius 3 is 3.17 bits per heavy atom. The Balaban J connectivity index is 2.13. The van der Waals surface area contributed by atoms with Crippen molar-refractivity contribution in [1.82, 2.24) is 9.78 Å². The Morgan fingerprint density at radius 1 is 1.50 bits per heavy atom. The first-order valence-corrected chi connectivity index (χ1v) is 6.22. The Kier molecular flexibility index (Phi) is 2.83. The summed E-state index contributed by atoms with van der Waals surface area (Å²) in [6.45, 7) is 3.29. The van der Waals surface area contributed by atoms with Crippen molar-refractivity contribution >= 4 is 10.9 Å². The molecule has 0 spiro atoms. The highest BCUT2D eigenvalue weighted by Crippen LogP contribution is 2.38. The molecule has 96 valence electrons. The highest BCUT2D eigenvalue weighted by molar-refractivity contribution is 5.87. The van der Waals surface area contributed by atoms with Gasteiger partial charge >= 0.3 is 0 Å². The summed E-state index contributed by atoms with van der Waals surface area (Å²) in [5.41, 5.74) is 0.951. The number of aliphatic hydroxyl groups is 1. The zero-order valence-electron chi connectivity index (χ0n) is 10.3. The lowest BCUT2D eigenvalue weighted by atomic mass is 10.2. The minimum absolute atomic E-state index is 0.0439. The minimum Gasteiger partial charge on any atom is -0.486 e. The van der Waals surface area contributed by atoms with Crippen LogP contribution in [0.5, 0.6) is 11.5 Å². The average molecular weight is 248 g/mol. The zero-order chi connectivity index (χ0) is 12.5. The van der Waals surface area contributed by atoms with Crippen molar-refractivity contribution in [1.29, 1.82) is 0 Å². The molecular formula is C13H16N2O3. The van der Waals surface area contributed by atoms with Crippen LogP contribution in [0.15, 0.2) is 18.3 Å². The van der Waals surface area contributed by atoms with Crippen molar-refractivity contribution in [2.24, 2.45) is 0 Å². The fraction of sp³-hybridized carbons (Fsp3) is 0.462. The maximum absolute atomic E-state index is 9.18. The lowest BCUT2D eigenvalue weighted by molar-refractivity contribution is 0.0468. The molecule has 2 heterocycles. The molecule has 0 saturated heterocycles. The van der Waals surface area contributed by atoms with Gasteiger partial charge in [0, 0.05) is 11.9 Å². The van der Waals surface area contributed by atoms with Gasteiger partial charge in [0.1, 0.15) is 12.1 Å². The molecule has 1 aromatic heterocycles. The molecule has 2 aromatic rings. The fourth-order valence-electron chi connectivity index (χ4n) is 2.21. The summed E-state index contributed by atoms with van der Waals surface area (Å²) in [6, 6.07) is 3.87. The predicted octanol–water partition coefficient (Wildman–Crippen LogP) is 1.58. The van der Waals surface area contributed by atoms with E-state index in [1.807, 2.05) is 23.0 Å². The smallest absolute Gasteiger partial charge is 0.187 e. The van der Waals surface area contributed by atoms with Crippen LogP contribution < -0.4 is 9.47 Å². The van der Waals surface area contributed by atoms with E-state index in [9.17, 15) is 5.11 Å². The van der Waals surface area contributed by atoms with E-state index in [0.717, 1.165) is 29.6 Å². The second-order valence-corrected chi connectivity index (χ2v) is 4.43. The molecule has 0 amide bonds. The number of aryl methyl sites for hydroxylation is 1. The van der Waals surface area contributed by atoms with Crippen molar-refractivity contribution in [2.45, 2.75) is 26.0 Å². The van der Waals surface area contributed by atoms with Crippen LogP contribution in [-0.2, 0) is 6.54 Å². The second-order valence-electron chi connectivity index (χ2n) is 4.43. The van der Waals surface area contributed by atoms with Gasteiger partial charge in [0.15, 0.2) is 17.6 Å². The summed E-state index contributed by atoms with van der Waals surface area (Å²) < 4.78 is 13.3. The normalized spacial score (nSPS) is 18.2. The predicted molar refractivity (Wildman–Crippen MR) is 67.0 cm³/mol. The van der Waals surface area contributed by atoms with Crippen molar-refractivity contribution in [3.63, 3.8) is 0 Å². The van der Waals surface area contributed by atoms with E-state index in [4.69, 9.17) is 9.47 Å². The molecule has 18 heavy (non-hydrogen) atoms. The van der Waals surface area contributed by atoms with E-state index in [0.29, 0.717) is 12.4 Å². The molecule has 0 saturated carbocycles. The number of nitrogens with zero attached hydrogens (tertiary/aromatic N) is 2. The van der Waals surface area contributed by atoms with Gasteiger partial charge in [-0.3, -0.25) is 4.68 Å². The maximum Gasteiger partial charge on any atom is 0.187 e. The minimum atomic E-state index is -0.298. The zero-order valence-corrected chi connectivity index (χ0v) is 10.3. The number of hydrogen-bond acceptors (Lipinski definition) is 4. The van der Waals surface area contributed by atoms with E-state index in [2.05, 4.69) is 12.0 Å². The number of aromatic nitrogens is 2. The van der Waals surface area contributed by atoms with E-state index in [-0.39, 0.29) is 12.7 Å². The van der Waals surface area contributed by atoms with Gasteiger partial charge in [0.2, 0.25) is 0 Å². The van der Waals surface area contributed by atoms with E-state index < -0.39 is 0 Å². The summed E-state index contributed by atoms with van der Waals surface area (Å²) in [5.74, 6) is 1.42.